The molecule has 2 aromatic rings. The maximum atomic E-state index is 5.64. The van der Waals surface area contributed by atoms with Crippen LogP contribution >= 0.6 is 15.9 Å². The summed E-state index contributed by atoms with van der Waals surface area (Å²) >= 11 is 3.42. The fraction of sp³-hybridized carbons (Fsp3) is 0.200. The molecule has 94 valence electrons. The first kappa shape index (κ1) is 13.0. The second kappa shape index (κ2) is 6.45. The molecule has 2 rings (SSSR count). The first-order valence-corrected chi connectivity index (χ1v) is 6.72. The van der Waals surface area contributed by atoms with Crippen LogP contribution in [0.25, 0.3) is 0 Å². The average molecular weight is 306 g/mol. The lowest BCUT2D eigenvalue weighted by atomic mass is 10.2. The van der Waals surface area contributed by atoms with Crippen LogP contribution in [0.5, 0.6) is 5.75 Å². The summed E-state index contributed by atoms with van der Waals surface area (Å²) in [5, 5.41) is 3.32. The van der Waals surface area contributed by atoms with Crippen molar-refractivity contribution in [2.45, 2.75) is 6.92 Å². The van der Waals surface area contributed by atoms with Crippen molar-refractivity contribution in [1.82, 2.24) is 0 Å². The summed E-state index contributed by atoms with van der Waals surface area (Å²) in [5.74, 6) is 0.884. The number of rotatable bonds is 5. The summed E-state index contributed by atoms with van der Waals surface area (Å²) in [6.45, 7) is 3.51. The minimum absolute atomic E-state index is 0.643. The van der Waals surface area contributed by atoms with Gasteiger partial charge in [0.2, 0.25) is 0 Å². The van der Waals surface area contributed by atoms with Gasteiger partial charge in [0.1, 0.15) is 12.4 Å². The van der Waals surface area contributed by atoms with Crippen LogP contribution in [0.15, 0.2) is 53.0 Å². The molecule has 0 aliphatic heterocycles. The van der Waals surface area contributed by atoms with Crippen LogP contribution in [0.4, 0.5) is 5.69 Å². The highest BCUT2D eigenvalue weighted by molar-refractivity contribution is 9.10. The zero-order valence-corrected chi connectivity index (χ0v) is 11.9. The number of ether oxygens (including phenoxy) is 1. The summed E-state index contributed by atoms with van der Waals surface area (Å²) in [7, 11) is 0. The lowest BCUT2D eigenvalue weighted by Crippen LogP contribution is -2.11. The summed E-state index contributed by atoms with van der Waals surface area (Å²) in [6, 6.07) is 16.2. The maximum absolute atomic E-state index is 5.64. The molecule has 0 atom stereocenters. The highest BCUT2D eigenvalue weighted by Crippen LogP contribution is 2.17. The van der Waals surface area contributed by atoms with E-state index in [1.54, 1.807) is 0 Å². The molecule has 0 radical (unpaired) electrons. The van der Waals surface area contributed by atoms with Crippen molar-refractivity contribution in [1.29, 1.82) is 0 Å². The monoisotopic (exact) mass is 305 g/mol. The molecule has 0 amide bonds. The lowest BCUT2D eigenvalue weighted by Gasteiger charge is -2.09. The molecule has 0 spiro atoms. The van der Waals surface area contributed by atoms with Crippen LogP contribution in [0.3, 0.4) is 0 Å². The van der Waals surface area contributed by atoms with Gasteiger partial charge in [0.05, 0.1) is 0 Å². The number of halogens is 1. The first-order chi connectivity index (χ1) is 8.74. The molecular formula is C15H16BrNO. The molecule has 18 heavy (non-hydrogen) atoms. The van der Waals surface area contributed by atoms with Crippen LogP contribution in [-0.2, 0) is 0 Å². The third-order valence-corrected chi connectivity index (χ3v) is 3.04. The van der Waals surface area contributed by atoms with Crippen LogP contribution in [0, 0.1) is 6.92 Å². The highest BCUT2D eigenvalue weighted by atomic mass is 79.9. The molecule has 0 unspecified atom stereocenters. The maximum Gasteiger partial charge on any atom is 0.120 e. The molecule has 0 saturated carbocycles. The summed E-state index contributed by atoms with van der Waals surface area (Å²) in [4.78, 5) is 0. The van der Waals surface area contributed by atoms with E-state index < -0.39 is 0 Å². The quantitative estimate of drug-likeness (QED) is 0.834. The van der Waals surface area contributed by atoms with Crippen molar-refractivity contribution in [3.63, 3.8) is 0 Å². The van der Waals surface area contributed by atoms with Gasteiger partial charge >= 0.3 is 0 Å². The largest absolute Gasteiger partial charge is 0.492 e. The van der Waals surface area contributed by atoms with E-state index in [2.05, 4.69) is 52.4 Å². The van der Waals surface area contributed by atoms with E-state index in [0.29, 0.717) is 6.61 Å². The van der Waals surface area contributed by atoms with Gasteiger partial charge in [-0.05, 0) is 37.3 Å². The van der Waals surface area contributed by atoms with E-state index in [-0.39, 0.29) is 0 Å². The minimum atomic E-state index is 0.643. The van der Waals surface area contributed by atoms with E-state index >= 15 is 0 Å². The Balaban J connectivity index is 1.74. The van der Waals surface area contributed by atoms with Crippen molar-refractivity contribution in [2.75, 3.05) is 18.5 Å². The summed E-state index contributed by atoms with van der Waals surface area (Å²) in [5.41, 5.74) is 2.39. The van der Waals surface area contributed by atoms with Crippen molar-refractivity contribution in [3.05, 3.63) is 58.6 Å². The van der Waals surface area contributed by atoms with Gasteiger partial charge in [0, 0.05) is 16.7 Å². The van der Waals surface area contributed by atoms with Gasteiger partial charge in [-0.1, -0.05) is 39.7 Å². The fourth-order valence-electron chi connectivity index (χ4n) is 1.59. The molecule has 0 fully saturated rings. The summed E-state index contributed by atoms with van der Waals surface area (Å²) < 4.78 is 6.67. The zero-order valence-electron chi connectivity index (χ0n) is 10.3. The van der Waals surface area contributed by atoms with Gasteiger partial charge in [-0.2, -0.15) is 0 Å². The third-order valence-electron chi connectivity index (χ3n) is 2.55. The van der Waals surface area contributed by atoms with Gasteiger partial charge in [0.25, 0.3) is 0 Å². The Morgan fingerprint density at radius 2 is 1.89 bits per heavy atom. The van der Waals surface area contributed by atoms with Crippen LogP contribution in [-0.4, -0.2) is 13.2 Å². The van der Waals surface area contributed by atoms with Crippen molar-refractivity contribution >= 4 is 21.6 Å². The van der Waals surface area contributed by atoms with Gasteiger partial charge in [-0.3, -0.25) is 0 Å². The fourth-order valence-corrected chi connectivity index (χ4v) is 1.97. The number of anilines is 1. The molecule has 2 aromatic carbocycles. The second-order valence-electron chi connectivity index (χ2n) is 4.10. The Labute approximate surface area is 116 Å². The molecule has 0 bridgehead atoms. The molecule has 0 aromatic heterocycles. The molecule has 2 nitrogen and oxygen atoms in total. The normalized spacial score (nSPS) is 10.1. The topological polar surface area (TPSA) is 21.3 Å². The number of benzene rings is 2. The molecule has 1 N–H and O–H groups in total. The Morgan fingerprint density at radius 1 is 1.11 bits per heavy atom. The Bertz CT molecular complexity index is 496. The number of hydrogen-bond donors (Lipinski definition) is 1. The first-order valence-electron chi connectivity index (χ1n) is 5.93. The Morgan fingerprint density at radius 3 is 2.61 bits per heavy atom. The molecule has 0 aliphatic rings. The van der Waals surface area contributed by atoms with Crippen LogP contribution in [0.1, 0.15) is 5.56 Å². The molecule has 3 heteroatoms. The molecule has 0 saturated heterocycles. The standard InChI is InChI=1S/C15H16BrNO/c1-12-5-7-14(8-6-12)17-9-10-18-15-4-2-3-13(16)11-15/h2-8,11,17H,9-10H2,1H3. The molecule has 0 aliphatic carbocycles. The van der Waals surface area contributed by atoms with E-state index in [1.165, 1.54) is 5.56 Å². The van der Waals surface area contributed by atoms with Crippen molar-refractivity contribution < 1.29 is 4.74 Å². The predicted octanol–water partition coefficient (Wildman–Crippen LogP) is 4.25. The SMILES string of the molecule is Cc1ccc(NCCOc2cccc(Br)c2)cc1. The second-order valence-corrected chi connectivity index (χ2v) is 5.01. The van der Waals surface area contributed by atoms with Gasteiger partial charge in [-0.25, -0.2) is 0 Å². The van der Waals surface area contributed by atoms with E-state index in [9.17, 15) is 0 Å². The van der Waals surface area contributed by atoms with Gasteiger partial charge in [-0.15, -0.1) is 0 Å². The van der Waals surface area contributed by atoms with Gasteiger partial charge < -0.3 is 10.1 Å². The van der Waals surface area contributed by atoms with E-state index in [4.69, 9.17) is 4.74 Å². The summed E-state index contributed by atoms with van der Waals surface area (Å²) in [6.07, 6.45) is 0. The third kappa shape index (κ3) is 4.08. The predicted molar refractivity (Wildman–Crippen MR) is 79.3 cm³/mol. The van der Waals surface area contributed by atoms with Crippen LogP contribution in [0.2, 0.25) is 0 Å². The molecular weight excluding hydrogens is 290 g/mol. The number of aryl methyl sites for hydroxylation is 1. The van der Waals surface area contributed by atoms with Crippen LogP contribution < -0.4 is 10.1 Å². The van der Waals surface area contributed by atoms with E-state index in [0.717, 1.165) is 22.5 Å². The smallest absolute Gasteiger partial charge is 0.120 e. The minimum Gasteiger partial charge on any atom is -0.492 e. The average Bonchev–Trinajstić information content (AvgIpc) is 2.37. The van der Waals surface area contributed by atoms with Gasteiger partial charge in [0.15, 0.2) is 0 Å². The Hall–Kier alpha value is -1.48. The number of hydrogen-bond acceptors (Lipinski definition) is 2. The van der Waals surface area contributed by atoms with Crippen molar-refractivity contribution in [3.8, 4) is 5.75 Å². The highest BCUT2D eigenvalue weighted by Gasteiger charge is 1.95. The van der Waals surface area contributed by atoms with Crippen molar-refractivity contribution in [2.24, 2.45) is 0 Å². The molecule has 0 heterocycles. The lowest BCUT2D eigenvalue weighted by molar-refractivity contribution is 0.332. The Kier molecular flexibility index (Phi) is 4.65. The number of nitrogens with one attached hydrogen (secondary N) is 1. The van der Waals surface area contributed by atoms with E-state index in [1.807, 2.05) is 24.3 Å². The zero-order chi connectivity index (χ0) is 12.8.